The van der Waals surface area contributed by atoms with Crippen LogP contribution in [0.25, 0.3) is 10.4 Å². The number of aliphatic hydroxyl groups excluding tert-OH is 3. The van der Waals surface area contributed by atoms with Gasteiger partial charge in [-0.3, -0.25) is 19.4 Å². The number of carbonyl (C=O) groups excluding carboxylic acids is 1. The molecule has 14 nitrogen and oxygen atoms in total. The number of nitrogens with zero attached hydrogens (tertiary/aromatic N) is 5. The Hall–Kier alpha value is -2.45. The summed E-state index contributed by atoms with van der Waals surface area (Å²) in [5.41, 5.74) is 8.27. The van der Waals surface area contributed by atoms with E-state index in [-0.39, 0.29) is 69.7 Å². The quantitative estimate of drug-likeness (QED) is 0.0296. The van der Waals surface area contributed by atoms with Gasteiger partial charge in [0, 0.05) is 50.5 Å². The summed E-state index contributed by atoms with van der Waals surface area (Å²) in [4.78, 5) is 28.8. The van der Waals surface area contributed by atoms with Gasteiger partial charge in [0.2, 0.25) is 5.91 Å². The summed E-state index contributed by atoms with van der Waals surface area (Å²) in [6.07, 6.45) is -2.78. The molecule has 1 unspecified atom stereocenters. The maximum atomic E-state index is 12.2. The van der Waals surface area contributed by atoms with Crippen molar-refractivity contribution in [3.05, 3.63) is 22.8 Å². The van der Waals surface area contributed by atoms with Crippen LogP contribution >= 0.6 is 0 Å². The van der Waals surface area contributed by atoms with Crippen LogP contribution in [0.1, 0.15) is 19.3 Å². The van der Waals surface area contributed by atoms with Gasteiger partial charge in [-0.15, -0.1) is 0 Å². The lowest BCUT2D eigenvalue weighted by Gasteiger charge is -2.28. The highest BCUT2D eigenvalue weighted by molar-refractivity contribution is 5.78. The lowest BCUT2D eigenvalue weighted by Crippen LogP contribution is -2.45. The van der Waals surface area contributed by atoms with Crippen molar-refractivity contribution in [2.45, 2.75) is 31.8 Å². The molecule has 0 rings (SSSR count). The molecule has 0 heterocycles. The summed E-state index contributed by atoms with van der Waals surface area (Å²) < 4.78 is 0. The van der Waals surface area contributed by atoms with Crippen LogP contribution in [0.15, 0.2) is 17.5 Å². The number of nitrogens with one attached hydrogen (secondary N) is 1. The predicted octanol–water partition coefficient (Wildman–Crippen LogP) is -1.42. The maximum absolute atomic E-state index is 12.2. The topological polar surface area (TPSA) is 223 Å². The highest BCUT2D eigenvalue weighted by Crippen LogP contribution is 2.19. The van der Waals surface area contributed by atoms with Gasteiger partial charge in [0.25, 0.3) is 0 Å². The van der Waals surface area contributed by atoms with E-state index in [1.807, 2.05) is 0 Å². The number of azide groups is 1. The number of hydrogen-bond donors (Lipinski definition) is 7. The molecular weight excluding hydrogens is 428 g/mol. The standard InChI is InChI=1S/C18H34N6O8/c1-13(25)8-14(9-16(27)28)2-5-23(10-15(26)20-3-4-21-22-19)6-7-24(11-17(29)30)12-18(31)32/h14,16-17,25,27-30H,1-12H2,(H,20,26)(H,31,32). The Morgan fingerprint density at radius 2 is 1.69 bits per heavy atom. The average Bonchev–Trinajstić information content (AvgIpc) is 2.65. The predicted molar refractivity (Wildman–Crippen MR) is 113 cm³/mol. The van der Waals surface area contributed by atoms with Crippen LogP contribution in [0.3, 0.4) is 0 Å². The fourth-order valence-electron chi connectivity index (χ4n) is 3.06. The lowest BCUT2D eigenvalue weighted by atomic mass is 9.96. The number of rotatable bonds is 19. The minimum Gasteiger partial charge on any atom is -0.513 e. The molecule has 14 heteroatoms. The zero-order valence-corrected chi connectivity index (χ0v) is 18.0. The molecule has 7 N–H and O–H groups in total. The second-order valence-electron chi connectivity index (χ2n) is 7.33. The van der Waals surface area contributed by atoms with Crippen molar-refractivity contribution in [1.29, 1.82) is 0 Å². The van der Waals surface area contributed by atoms with Crippen LogP contribution < -0.4 is 5.32 Å². The highest BCUT2D eigenvalue weighted by atomic mass is 16.5. The minimum absolute atomic E-state index is 0.00633. The van der Waals surface area contributed by atoms with E-state index in [4.69, 9.17) is 20.9 Å². The van der Waals surface area contributed by atoms with E-state index in [0.29, 0.717) is 13.0 Å². The molecule has 0 radical (unpaired) electrons. The van der Waals surface area contributed by atoms with Crippen LogP contribution in [0.5, 0.6) is 0 Å². The average molecular weight is 463 g/mol. The van der Waals surface area contributed by atoms with Gasteiger partial charge < -0.3 is 36.0 Å². The van der Waals surface area contributed by atoms with Gasteiger partial charge in [-0.25, -0.2) is 0 Å². The Bertz CT molecular complexity index is 593. The molecule has 0 aliphatic carbocycles. The Morgan fingerprint density at radius 1 is 1.03 bits per heavy atom. The third-order valence-corrected chi connectivity index (χ3v) is 4.40. The summed E-state index contributed by atoms with van der Waals surface area (Å²) >= 11 is 0. The SMILES string of the molecule is C=C(O)CC(CCN(CCN(CC(=O)O)CC(O)O)CC(=O)NCCN=[N+]=[N-])CC(O)O. The first-order valence-electron chi connectivity index (χ1n) is 10.1. The number of hydrogen-bond acceptors (Lipinski definition) is 10. The molecule has 0 saturated carbocycles. The molecule has 0 fully saturated rings. The Kier molecular flexibility index (Phi) is 15.8. The van der Waals surface area contributed by atoms with Gasteiger partial charge in [0.1, 0.15) is 0 Å². The molecule has 184 valence electrons. The van der Waals surface area contributed by atoms with Crippen LogP contribution in [-0.2, 0) is 9.59 Å². The number of carboxylic acids is 1. The van der Waals surface area contributed by atoms with Crippen molar-refractivity contribution >= 4 is 11.9 Å². The van der Waals surface area contributed by atoms with E-state index in [1.165, 1.54) is 4.90 Å². The van der Waals surface area contributed by atoms with Crippen LogP contribution in [0.4, 0.5) is 0 Å². The molecule has 0 aromatic rings. The molecule has 0 spiro atoms. The molecule has 1 atom stereocenters. The normalized spacial score (nSPS) is 12.2. The van der Waals surface area contributed by atoms with Crippen LogP contribution in [0, 0.1) is 5.92 Å². The van der Waals surface area contributed by atoms with E-state index < -0.39 is 25.1 Å². The van der Waals surface area contributed by atoms with Crippen LogP contribution in [-0.4, -0.2) is 117 Å². The zero-order valence-electron chi connectivity index (χ0n) is 18.0. The van der Waals surface area contributed by atoms with Crippen molar-refractivity contribution in [2.24, 2.45) is 11.0 Å². The molecule has 0 aliphatic heterocycles. The molecule has 0 saturated heterocycles. The molecule has 0 aromatic heterocycles. The fraction of sp³-hybridized carbons (Fsp3) is 0.778. The monoisotopic (exact) mass is 462 g/mol. The van der Waals surface area contributed by atoms with Gasteiger partial charge in [-0.05, 0) is 24.4 Å². The third kappa shape index (κ3) is 17.3. The van der Waals surface area contributed by atoms with Crippen molar-refractivity contribution in [3.8, 4) is 0 Å². The zero-order chi connectivity index (χ0) is 24.5. The number of aliphatic hydroxyl groups is 5. The minimum atomic E-state index is -1.72. The number of allylic oxidation sites excluding steroid dienone is 1. The first kappa shape index (κ1) is 29.5. The highest BCUT2D eigenvalue weighted by Gasteiger charge is 2.19. The van der Waals surface area contributed by atoms with Gasteiger partial charge >= 0.3 is 5.97 Å². The molecule has 0 aromatic carbocycles. The first-order valence-corrected chi connectivity index (χ1v) is 10.1. The largest absolute Gasteiger partial charge is 0.513 e. The Morgan fingerprint density at radius 3 is 2.22 bits per heavy atom. The van der Waals surface area contributed by atoms with E-state index in [1.54, 1.807) is 4.90 Å². The molecule has 0 bridgehead atoms. The van der Waals surface area contributed by atoms with Gasteiger partial charge in [-0.2, -0.15) is 0 Å². The second kappa shape index (κ2) is 17.1. The number of carbonyl (C=O) groups is 2. The summed E-state index contributed by atoms with van der Waals surface area (Å²) in [5.74, 6) is -1.94. The number of amides is 1. The smallest absolute Gasteiger partial charge is 0.317 e. The van der Waals surface area contributed by atoms with Crippen LogP contribution in [0.2, 0.25) is 0 Å². The van der Waals surface area contributed by atoms with E-state index in [0.717, 1.165) is 0 Å². The van der Waals surface area contributed by atoms with Crippen molar-refractivity contribution in [3.63, 3.8) is 0 Å². The maximum Gasteiger partial charge on any atom is 0.317 e. The van der Waals surface area contributed by atoms with E-state index in [9.17, 15) is 24.9 Å². The summed E-state index contributed by atoms with van der Waals surface area (Å²) in [6.45, 7) is 3.48. The number of carboxylic acid groups (broad SMARTS) is 1. The molecule has 1 amide bonds. The second-order valence-corrected chi connectivity index (χ2v) is 7.33. The van der Waals surface area contributed by atoms with Crippen molar-refractivity contribution in [1.82, 2.24) is 15.1 Å². The molecule has 0 aliphatic rings. The fourth-order valence-corrected chi connectivity index (χ4v) is 3.06. The van der Waals surface area contributed by atoms with Crippen molar-refractivity contribution < 1.29 is 40.2 Å². The summed E-state index contributed by atoms with van der Waals surface area (Å²) in [5, 5.41) is 61.2. The first-order chi connectivity index (χ1) is 15.0. The summed E-state index contributed by atoms with van der Waals surface area (Å²) in [6, 6.07) is 0. The van der Waals surface area contributed by atoms with E-state index >= 15 is 0 Å². The van der Waals surface area contributed by atoms with E-state index in [2.05, 4.69) is 21.9 Å². The third-order valence-electron chi connectivity index (χ3n) is 4.40. The van der Waals surface area contributed by atoms with Gasteiger partial charge in [-0.1, -0.05) is 11.7 Å². The van der Waals surface area contributed by atoms with Gasteiger partial charge in [0.15, 0.2) is 12.6 Å². The Labute approximate surface area is 186 Å². The van der Waals surface area contributed by atoms with Crippen molar-refractivity contribution in [2.75, 3.05) is 52.4 Å². The lowest BCUT2D eigenvalue weighted by molar-refractivity contribution is -0.140. The van der Waals surface area contributed by atoms with Gasteiger partial charge in [0.05, 0.1) is 18.8 Å². The molecule has 32 heavy (non-hydrogen) atoms. The Balaban J connectivity index is 5.08. The molecular formula is C18H34N6O8. The summed E-state index contributed by atoms with van der Waals surface area (Å²) in [7, 11) is 0. The number of aliphatic carboxylic acids is 1.